The fourth-order valence-electron chi connectivity index (χ4n) is 1.88. The lowest BCUT2D eigenvalue weighted by molar-refractivity contribution is 0.0699. The molecular formula is C12H10N4O2. The molecule has 0 aliphatic rings. The molecule has 0 saturated carbocycles. The van der Waals surface area contributed by atoms with Crippen molar-refractivity contribution >= 4 is 17.0 Å². The Kier molecular flexibility index (Phi) is 2.33. The number of carboxylic acids is 1. The number of carboxylic acid groups (broad SMARTS) is 1. The maximum absolute atomic E-state index is 11.1. The van der Waals surface area contributed by atoms with Gasteiger partial charge in [-0.15, -0.1) is 0 Å². The van der Waals surface area contributed by atoms with E-state index in [0.717, 1.165) is 5.52 Å². The van der Waals surface area contributed by atoms with E-state index in [9.17, 15) is 4.79 Å². The van der Waals surface area contributed by atoms with Crippen molar-refractivity contribution in [3.63, 3.8) is 0 Å². The van der Waals surface area contributed by atoms with E-state index in [1.807, 2.05) is 12.3 Å². The minimum atomic E-state index is -0.974. The molecule has 0 spiro atoms. The van der Waals surface area contributed by atoms with Crippen LogP contribution in [0.4, 0.5) is 0 Å². The molecule has 0 bridgehead atoms. The highest BCUT2D eigenvalue weighted by Crippen LogP contribution is 2.16. The summed E-state index contributed by atoms with van der Waals surface area (Å²) in [5, 5.41) is 13.2. The van der Waals surface area contributed by atoms with Crippen LogP contribution in [0.15, 0.2) is 36.7 Å². The van der Waals surface area contributed by atoms with Gasteiger partial charge >= 0.3 is 5.97 Å². The van der Waals surface area contributed by atoms with Crippen LogP contribution in [-0.2, 0) is 6.54 Å². The minimum absolute atomic E-state index is 0.204. The molecule has 18 heavy (non-hydrogen) atoms. The number of carbonyl (C=O) groups is 1. The summed E-state index contributed by atoms with van der Waals surface area (Å²) in [6.45, 7) is 0.487. The first-order valence-corrected chi connectivity index (χ1v) is 5.42. The third kappa shape index (κ3) is 1.73. The molecule has 0 atom stereocenters. The molecule has 2 heterocycles. The van der Waals surface area contributed by atoms with E-state index in [-0.39, 0.29) is 5.56 Å². The molecule has 0 unspecified atom stereocenters. The Hall–Kier alpha value is -2.63. The number of aromatic nitrogens is 4. The number of benzene rings is 1. The van der Waals surface area contributed by atoms with E-state index in [1.165, 1.54) is 0 Å². The van der Waals surface area contributed by atoms with Gasteiger partial charge in [0.2, 0.25) is 0 Å². The lowest BCUT2D eigenvalue weighted by atomic mass is 10.2. The molecule has 6 nitrogen and oxygen atoms in total. The molecule has 0 aliphatic carbocycles. The summed E-state index contributed by atoms with van der Waals surface area (Å²) in [4.78, 5) is 18.5. The predicted molar refractivity (Wildman–Crippen MR) is 64.4 cm³/mol. The average Bonchev–Trinajstić information content (AvgIpc) is 2.96. The van der Waals surface area contributed by atoms with Crippen LogP contribution in [-0.4, -0.2) is 30.8 Å². The van der Waals surface area contributed by atoms with Crippen molar-refractivity contribution in [3.8, 4) is 0 Å². The second kappa shape index (κ2) is 3.99. The van der Waals surface area contributed by atoms with Gasteiger partial charge in [-0.25, -0.2) is 9.78 Å². The molecular weight excluding hydrogens is 232 g/mol. The van der Waals surface area contributed by atoms with Crippen molar-refractivity contribution in [2.75, 3.05) is 0 Å². The summed E-state index contributed by atoms with van der Waals surface area (Å²) in [6, 6.07) is 6.87. The third-order valence-electron chi connectivity index (χ3n) is 2.66. The van der Waals surface area contributed by atoms with Crippen LogP contribution in [0.3, 0.4) is 0 Å². The number of fused-ring (bicyclic) bond motifs is 1. The zero-order chi connectivity index (χ0) is 12.5. The van der Waals surface area contributed by atoms with Crippen LogP contribution < -0.4 is 0 Å². The van der Waals surface area contributed by atoms with Crippen LogP contribution in [0.25, 0.3) is 11.0 Å². The van der Waals surface area contributed by atoms with Crippen molar-refractivity contribution in [2.45, 2.75) is 6.54 Å². The number of rotatable bonds is 3. The van der Waals surface area contributed by atoms with Gasteiger partial charge in [-0.1, -0.05) is 6.07 Å². The summed E-state index contributed by atoms with van der Waals surface area (Å²) in [7, 11) is 0. The highest BCUT2D eigenvalue weighted by atomic mass is 16.4. The molecule has 3 aromatic rings. The maximum Gasteiger partial charge on any atom is 0.337 e. The van der Waals surface area contributed by atoms with Gasteiger partial charge in [0, 0.05) is 12.4 Å². The smallest absolute Gasteiger partial charge is 0.337 e. The van der Waals surface area contributed by atoms with Gasteiger partial charge in [0.05, 0.1) is 17.6 Å². The minimum Gasteiger partial charge on any atom is -0.478 e. The first kappa shape index (κ1) is 10.5. The molecule has 1 aromatic carbocycles. The Bertz CT molecular complexity index is 700. The molecule has 2 N–H and O–H groups in total. The topological polar surface area (TPSA) is 83.8 Å². The molecule has 0 radical (unpaired) electrons. The number of nitrogens with zero attached hydrogens (tertiary/aromatic N) is 3. The van der Waals surface area contributed by atoms with Gasteiger partial charge in [0.25, 0.3) is 0 Å². The fraction of sp³-hybridized carbons (Fsp3) is 0.0833. The molecule has 0 saturated heterocycles. The Labute approximate surface area is 102 Å². The van der Waals surface area contributed by atoms with E-state index in [4.69, 9.17) is 5.11 Å². The summed E-state index contributed by atoms with van der Waals surface area (Å²) < 4.78 is 1.72. The monoisotopic (exact) mass is 242 g/mol. The van der Waals surface area contributed by atoms with Crippen molar-refractivity contribution in [3.05, 3.63) is 48.0 Å². The Balaban J connectivity index is 2.05. The first-order valence-electron chi connectivity index (χ1n) is 5.42. The number of para-hydroxylation sites is 1. The molecule has 0 fully saturated rings. The van der Waals surface area contributed by atoms with Crippen molar-refractivity contribution in [1.82, 2.24) is 19.7 Å². The highest BCUT2D eigenvalue weighted by Gasteiger charge is 2.12. The highest BCUT2D eigenvalue weighted by molar-refractivity contribution is 6.00. The second-order valence-corrected chi connectivity index (χ2v) is 3.89. The van der Waals surface area contributed by atoms with E-state index in [0.29, 0.717) is 17.9 Å². The van der Waals surface area contributed by atoms with Gasteiger partial charge in [0.1, 0.15) is 11.3 Å². The van der Waals surface area contributed by atoms with E-state index in [1.54, 1.807) is 29.1 Å². The number of imidazole rings is 1. The first-order chi connectivity index (χ1) is 8.74. The van der Waals surface area contributed by atoms with Gasteiger partial charge < -0.3 is 10.1 Å². The molecule has 90 valence electrons. The average molecular weight is 242 g/mol. The largest absolute Gasteiger partial charge is 0.478 e. The fourth-order valence-corrected chi connectivity index (χ4v) is 1.88. The number of nitrogens with one attached hydrogen (secondary N) is 1. The molecule has 3 rings (SSSR count). The summed E-state index contributed by atoms with van der Waals surface area (Å²) >= 11 is 0. The van der Waals surface area contributed by atoms with Gasteiger partial charge in [-0.05, 0) is 18.2 Å². The van der Waals surface area contributed by atoms with Crippen LogP contribution >= 0.6 is 0 Å². The molecule has 6 heteroatoms. The summed E-state index contributed by atoms with van der Waals surface area (Å²) in [6.07, 6.45) is 3.51. The molecule has 2 aromatic heterocycles. The van der Waals surface area contributed by atoms with Gasteiger partial charge in [0.15, 0.2) is 0 Å². The second-order valence-electron chi connectivity index (χ2n) is 3.89. The Morgan fingerprint density at radius 2 is 2.28 bits per heavy atom. The Morgan fingerprint density at radius 3 is 3.00 bits per heavy atom. The Morgan fingerprint density at radius 1 is 1.39 bits per heavy atom. The normalized spacial score (nSPS) is 10.9. The van der Waals surface area contributed by atoms with Crippen LogP contribution in [0.1, 0.15) is 16.2 Å². The standard InChI is InChI=1S/C12H10N4O2/c17-12(18)8-3-1-4-9-11(8)15-10(14-9)7-16-6-2-5-13-16/h1-6H,7H2,(H,14,15)(H,17,18). The summed E-state index contributed by atoms with van der Waals surface area (Å²) in [5.41, 5.74) is 1.40. The quantitative estimate of drug-likeness (QED) is 0.729. The SMILES string of the molecule is O=C(O)c1cccc2[nH]c(Cn3cccn3)nc12. The number of hydrogen-bond donors (Lipinski definition) is 2. The number of hydrogen-bond acceptors (Lipinski definition) is 3. The van der Waals surface area contributed by atoms with Crippen LogP contribution in [0.2, 0.25) is 0 Å². The lowest BCUT2D eigenvalue weighted by Gasteiger charge is -1.95. The number of H-pyrrole nitrogens is 1. The summed E-state index contributed by atoms with van der Waals surface area (Å²) in [5.74, 6) is -0.292. The molecule has 0 aliphatic heterocycles. The molecule has 0 amide bonds. The van der Waals surface area contributed by atoms with Crippen LogP contribution in [0, 0.1) is 0 Å². The van der Waals surface area contributed by atoms with Crippen molar-refractivity contribution < 1.29 is 9.90 Å². The number of aromatic carboxylic acids is 1. The lowest BCUT2D eigenvalue weighted by Crippen LogP contribution is -2.01. The van der Waals surface area contributed by atoms with Gasteiger partial charge in [-0.3, -0.25) is 4.68 Å². The van der Waals surface area contributed by atoms with Gasteiger partial charge in [-0.2, -0.15) is 5.10 Å². The van der Waals surface area contributed by atoms with E-state index < -0.39 is 5.97 Å². The van der Waals surface area contributed by atoms with Crippen LogP contribution in [0.5, 0.6) is 0 Å². The third-order valence-corrected chi connectivity index (χ3v) is 2.66. The number of aromatic amines is 1. The van der Waals surface area contributed by atoms with E-state index in [2.05, 4.69) is 15.1 Å². The zero-order valence-corrected chi connectivity index (χ0v) is 9.37. The van der Waals surface area contributed by atoms with E-state index >= 15 is 0 Å². The van der Waals surface area contributed by atoms with Crippen molar-refractivity contribution in [1.29, 1.82) is 0 Å². The maximum atomic E-state index is 11.1. The predicted octanol–water partition coefficient (Wildman–Crippen LogP) is 1.51. The zero-order valence-electron chi connectivity index (χ0n) is 9.37. The van der Waals surface area contributed by atoms with Crippen molar-refractivity contribution in [2.24, 2.45) is 0 Å².